The van der Waals surface area contributed by atoms with Gasteiger partial charge < -0.3 is 10.4 Å². The first kappa shape index (κ1) is 6.94. The molecular formula is C4H6FN3O2. The van der Waals surface area contributed by atoms with E-state index in [4.69, 9.17) is 10.5 Å². The molecular weight excluding hydrogens is 141 g/mol. The van der Waals surface area contributed by atoms with Crippen LogP contribution in [-0.2, 0) is 0 Å². The van der Waals surface area contributed by atoms with Gasteiger partial charge in [0.1, 0.15) is 5.84 Å². The first-order valence-corrected chi connectivity index (χ1v) is 2.59. The predicted molar refractivity (Wildman–Crippen MR) is 30.3 cm³/mol. The molecule has 0 aliphatic carbocycles. The summed E-state index contributed by atoms with van der Waals surface area (Å²) in [6.07, 6.45) is -3.45. The molecule has 1 fully saturated rings. The quantitative estimate of drug-likeness (QED) is 0.352. The number of hydrogen-bond acceptors (Lipinski definition) is 3. The lowest BCUT2D eigenvalue weighted by Gasteiger charge is -2.23. The maximum Gasteiger partial charge on any atom is 0.322 e. The van der Waals surface area contributed by atoms with Crippen molar-refractivity contribution in [1.82, 2.24) is 10.6 Å². The molecule has 10 heavy (non-hydrogen) atoms. The van der Waals surface area contributed by atoms with Crippen LogP contribution in [0.1, 0.15) is 0 Å². The van der Waals surface area contributed by atoms with Crippen LogP contribution in [0, 0.1) is 5.41 Å². The van der Waals surface area contributed by atoms with E-state index in [1.807, 2.05) is 10.6 Å². The molecule has 1 aliphatic heterocycles. The van der Waals surface area contributed by atoms with Crippen LogP contribution < -0.4 is 10.6 Å². The molecule has 1 rings (SSSR count). The van der Waals surface area contributed by atoms with Crippen molar-refractivity contribution in [2.24, 2.45) is 0 Å². The monoisotopic (exact) mass is 147 g/mol. The van der Waals surface area contributed by atoms with Crippen LogP contribution in [0.15, 0.2) is 0 Å². The van der Waals surface area contributed by atoms with Gasteiger partial charge in [0.05, 0.1) is 0 Å². The van der Waals surface area contributed by atoms with E-state index in [2.05, 4.69) is 0 Å². The second-order valence-corrected chi connectivity index (χ2v) is 1.86. The van der Waals surface area contributed by atoms with Gasteiger partial charge in [0.25, 0.3) is 0 Å². The van der Waals surface area contributed by atoms with E-state index in [1.165, 1.54) is 0 Å². The summed E-state index contributed by atoms with van der Waals surface area (Å²) in [5.74, 6) is -0.615. The molecule has 0 unspecified atom stereocenters. The molecule has 0 spiro atoms. The Morgan fingerprint density at radius 2 is 2.30 bits per heavy atom. The van der Waals surface area contributed by atoms with Gasteiger partial charge in [-0.05, 0) is 0 Å². The Kier molecular flexibility index (Phi) is 1.54. The molecule has 1 saturated heterocycles. The van der Waals surface area contributed by atoms with Crippen LogP contribution in [0.2, 0.25) is 0 Å². The van der Waals surface area contributed by atoms with Gasteiger partial charge in [-0.15, -0.1) is 0 Å². The van der Waals surface area contributed by atoms with E-state index in [9.17, 15) is 9.18 Å². The van der Waals surface area contributed by atoms with E-state index < -0.39 is 24.3 Å². The minimum Gasteiger partial charge on any atom is -0.370 e. The second kappa shape index (κ2) is 2.22. The van der Waals surface area contributed by atoms with Crippen molar-refractivity contribution in [3.8, 4) is 0 Å². The fourth-order valence-electron chi connectivity index (χ4n) is 0.593. The number of halogens is 1. The van der Waals surface area contributed by atoms with Crippen LogP contribution in [-0.4, -0.2) is 29.4 Å². The van der Waals surface area contributed by atoms with Gasteiger partial charge in [-0.1, -0.05) is 0 Å². The number of amides is 2. The topological polar surface area (TPSA) is 85.2 Å². The molecule has 0 aromatic carbocycles. The van der Waals surface area contributed by atoms with Crippen LogP contribution >= 0.6 is 0 Å². The third kappa shape index (κ3) is 1.06. The van der Waals surface area contributed by atoms with E-state index in [1.54, 1.807) is 0 Å². The normalized spacial score (nSPS) is 33.0. The maximum absolute atomic E-state index is 12.4. The van der Waals surface area contributed by atoms with Gasteiger partial charge in [-0.25, -0.2) is 9.18 Å². The molecule has 56 valence electrons. The molecule has 4 N–H and O–H groups in total. The van der Waals surface area contributed by atoms with E-state index >= 15 is 0 Å². The zero-order chi connectivity index (χ0) is 7.72. The summed E-state index contributed by atoms with van der Waals surface area (Å²) in [5.41, 5.74) is 0. The summed E-state index contributed by atoms with van der Waals surface area (Å²) in [6.45, 7) is 0. The van der Waals surface area contributed by atoms with Crippen LogP contribution in [0.3, 0.4) is 0 Å². The second-order valence-electron chi connectivity index (χ2n) is 1.86. The lowest BCUT2D eigenvalue weighted by Crippen LogP contribution is -2.59. The van der Waals surface area contributed by atoms with Crippen molar-refractivity contribution >= 4 is 11.9 Å². The highest BCUT2D eigenvalue weighted by Gasteiger charge is 2.30. The zero-order valence-corrected chi connectivity index (χ0v) is 4.89. The Labute approximate surface area is 55.7 Å². The molecule has 2 atom stereocenters. The third-order valence-electron chi connectivity index (χ3n) is 1.08. The number of urea groups is 1. The lowest BCUT2D eigenvalue weighted by atomic mass is 10.3. The van der Waals surface area contributed by atoms with E-state index in [-0.39, 0.29) is 0 Å². The standard InChI is InChI=1S/C4H6FN3O2/c5-1-2(6)7-4(10)8-3(1)9/h1,3,9H,(H3,6,7,8,10)/t1-,3-/m0/s1. The number of amidine groups is 1. The zero-order valence-electron chi connectivity index (χ0n) is 4.89. The molecule has 0 saturated carbocycles. The highest BCUT2D eigenvalue weighted by atomic mass is 19.1. The summed E-state index contributed by atoms with van der Waals surface area (Å²) in [7, 11) is 0. The smallest absolute Gasteiger partial charge is 0.322 e. The first-order chi connectivity index (χ1) is 4.61. The Hall–Kier alpha value is -1.17. The molecule has 1 aliphatic rings. The lowest BCUT2D eigenvalue weighted by molar-refractivity contribution is 0.0804. The van der Waals surface area contributed by atoms with Crippen molar-refractivity contribution < 1.29 is 14.3 Å². The van der Waals surface area contributed by atoms with Crippen LogP contribution in [0.5, 0.6) is 0 Å². The first-order valence-electron chi connectivity index (χ1n) is 2.59. The van der Waals surface area contributed by atoms with Crippen molar-refractivity contribution in [2.45, 2.75) is 12.4 Å². The largest absolute Gasteiger partial charge is 0.370 e. The summed E-state index contributed by atoms with van der Waals surface area (Å²) in [6, 6.07) is -0.758. The minimum absolute atomic E-state index is 0.615. The number of carbonyl (C=O) groups excluding carboxylic acids is 1. The van der Waals surface area contributed by atoms with Crippen molar-refractivity contribution in [3.63, 3.8) is 0 Å². The van der Waals surface area contributed by atoms with Gasteiger partial charge in [0.15, 0.2) is 6.23 Å². The SMILES string of the molecule is N=C1NC(=O)N[C@@H](O)[C@H]1F. The van der Waals surface area contributed by atoms with E-state index in [0.717, 1.165) is 0 Å². The number of aliphatic hydroxyl groups is 1. The number of hydrogen-bond donors (Lipinski definition) is 4. The van der Waals surface area contributed by atoms with Gasteiger partial charge in [0, 0.05) is 0 Å². The average molecular weight is 147 g/mol. The average Bonchev–Trinajstić information content (AvgIpc) is 1.82. The molecule has 0 aromatic heterocycles. The number of nitrogens with one attached hydrogen (secondary N) is 3. The van der Waals surface area contributed by atoms with Crippen molar-refractivity contribution in [3.05, 3.63) is 0 Å². The van der Waals surface area contributed by atoms with Gasteiger partial charge in [-0.3, -0.25) is 10.7 Å². The van der Waals surface area contributed by atoms with Crippen LogP contribution in [0.4, 0.5) is 9.18 Å². The fourth-order valence-corrected chi connectivity index (χ4v) is 0.593. The summed E-state index contributed by atoms with van der Waals surface area (Å²) in [5, 5.41) is 19.1. The Morgan fingerprint density at radius 1 is 1.70 bits per heavy atom. The fraction of sp³-hybridized carbons (Fsp3) is 0.500. The summed E-state index contributed by atoms with van der Waals surface area (Å²) < 4.78 is 12.4. The van der Waals surface area contributed by atoms with Gasteiger partial charge in [-0.2, -0.15) is 0 Å². The number of aliphatic hydroxyl groups excluding tert-OH is 1. The predicted octanol–water partition coefficient (Wildman–Crippen LogP) is -1.07. The maximum atomic E-state index is 12.4. The number of carbonyl (C=O) groups is 1. The van der Waals surface area contributed by atoms with Crippen molar-refractivity contribution in [1.29, 1.82) is 5.41 Å². The number of alkyl halides is 1. The highest BCUT2D eigenvalue weighted by Crippen LogP contribution is 2.00. The number of rotatable bonds is 0. The molecule has 0 bridgehead atoms. The van der Waals surface area contributed by atoms with Gasteiger partial charge >= 0.3 is 6.03 Å². The molecule has 6 heteroatoms. The van der Waals surface area contributed by atoms with E-state index in [0.29, 0.717) is 0 Å². The molecule has 0 aromatic rings. The van der Waals surface area contributed by atoms with Crippen LogP contribution in [0.25, 0.3) is 0 Å². The Bertz CT molecular complexity index is 183. The summed E-state index contributed by atoms with van der Waals surface area (Å²) >= 11 is 0. The third-order valence-corrected chi connectivity index (χ3v) is 1.08. The Morgan fingerprint density at radius 3 is 2.80 bits per heavy atom. The molecule has 2 amide bonds. The molecule has 0 radical (unpaired) electrons. The highest BCUT2D eigenvalue weighted by molar-refractivity contribution is 6.00. The van der Waals surface area contributed by atoms with Gasteiger partial charge in [0.2, 0.25) is 6.17 Å². The molecule has 1 heterocycles. The summed E-state index contributed by atoms with van der Waals surface area (Å²) in [4.78, 5) is 10.3. The Balaban J connectivity index is 2.66. The minimum atomic E-state index is -1.85. The van der Waals surface area contributed by atoms with Crippen molar-refractivity contribution in [2.75, 3.05) is 0 Å². The molecule has 5 nitrogen and oxygen atoms in total.